The van der Waals surface area contributed by atoms with Crippen LogP contribution in [0.15, 0.2) is 30.3 Å². The van der Waals surface area contributed by atoms with Crippen LogP contribution < -0.4 is 24.3 Å². The maximum absolute atomic E-state index is 14.2. The third-order valence-corrected chi connectivity index (χ3v) is 3.58. The fraction of sp³-hybridized carbons (Fsp3) is 0.263. The van der Waals surface area contributed by atoms with E-state index in [1.54, 1.807) is 6.92 Å². The number of carbonyl (C=O) groups excluding carboxylic acids is 1. The molecule has 0 aliphatic rings. The normalized spacial score (nSPS) is 10.1. The summed E-state index contributed by atoms with van der Waals surface area (Å²) in [5.41, 5.74) is 0.0760. The number of hydrogen-bond donors (Lipinski definition) is 2. The van der Waals surface area contributed by atoms with Gasteiger partial charge in [-0.25, -0.2) is 9.18 Å². The summed E-state index contributed by atoms with van der Waals surface area (Å²) in [7, 11) is 2.77. The molecule has 2 aromatic rings. The Balaban J connectivity index is 2.26. The van der Waals surface area contributed by atoms with Gasteiger partial charge in [0.15, 0.2) is 35.4 Å². The number of benzene rings is 2. The van der Waals surface area contributed by atoms with Crippen LogP contribution in [0.2, 0.25) is 0 Å². The van der Waals surface area contributed by atoms with Crippen molar-refractivity contribution in [3.63, 3.8) is 0 Å². The average Bonchev–Trinajstić information content (AvgIpc) is 2.68. The molecular formula is C19H20FNO7. The van der Waals surface area contributed by atoms with Gasteiger partial charge in [-0.15, -0.1) is 0 Å². The van der Waals surface area contributed by atoms with Crippen molar-refractivity contribution in [2.75, 3.05) is 32.8 Å². The molecule has 0 aromatic heterocycles. The molecule has 8 nitrogen and oxygen atoms in total. The summed E-state index contributed by atoms with van der Waals surface area (Å²) in [4.78, 5) is 23.2. The molecule has 0 radical (unpaired) electrons. The Bertz CT molecular complexity index is 870. The molecule has 0 aliphatic carbocycles. The van der Waals surface area contributed by atoms with E-state index in [-0.39, 0.29) is 40.9 Å². The average molecular weight is 393 g/mol. The zero-order chi connectivity index (χ0) is 20.7. The number of hydrogen-bond acceptors (Lipinski definition) is 6. The summed E-state index contributed by atoms with van der Waals surface area (Å²) in [5, 5.41) is 11.2. The molecule has 0 heterocycles. The molecule has 150 valence electrons. The van der Waals surface area contributed by atoms with E-state index in [0.717, 1.165) is 6.07 Å². The van der Waals surface area contributed by atoms with E-state index in [2.05, 4.69) is 5.32 Å². The van der Waals surface area contributed by atoms with Gasteiger partial charge in [-0.05, 0) is 25.1 Å². The van der Waals surface area contributed by atoms with Crippen LogP contribution in [0.1, 0.15) is 17.3 Å². The second-order valence-electron chi connectivity index (χ2n) is 5.42. The molecule has 9 heteroatoms. The quantitative estimate of drug-likeness (QED) is 0.675. The Kier molecular flexibility index (Phi) is 7.02. The third kappa shape index (κ3) is 5.03. The summed E-state index contributed by atoms with van der Waals surface area (Å²) in [6.45, 7) is 1.45. The highest BCUT2D eigenvalue weighted by atomic mass is 19.1. The van der Waals surface area contributed by atoms with Crippen LogP contribution in [0.4, 0.5) is 10.1 Å². The highest BCUT2D eigenvalue weighted by Crippen LogP contribution is 2.33. The highest BCUT2D eigenvalue weighted by Gasteiger charge is 2.16. The zero-order valence-electron chi connectivity index (χ0n) is 15.6. The van der Waals surface area contributed by atoms with Crippen LogP contribution in [0.25, 0.3) is 0 Å². The number of halogens is 1. The number of methoxy groups -OCH3 is 2. The van der Waals surface area contributed by atoms with Crippen molar-refractivity contribution < 1.29 is 38.0 Å². The molecule has 1 amide bonds. The lowest BCUT2D eigenvalue weighted by molar-refractivity contribution is -0.139. The molecule has 0 saturated heterocycles. The maximum Gasteiger partial charge on any atom is 0.341 e. The molecule has 0 bridgehead atoms. The van der Waals surface area contributed by atoms with Crippen LogP contribution in [0.5, 0.6) is 23.0 Å². The fourth-order valence-corrected chi connectivity index (χ4v) is 2.32. The molecule has 0 saturated carbocycles. The Morgan fingerprint density at radius 2 is 1.68 bits per heavy atom. The number of rotatable bonds is 9. The van der Waals surface area contributed by atoms with Crippen molar-refractivity contribution in [3.05, 3.63) is 41.7 Å². The summed E-state index contributed by atoms with van der Waals surface area (Å²) in [6, 6.07) is 6.61. The van der Waals surface area contributed by atoms with Crippen molar-refractivity contribution in [1.29, 1.82) is 0 Å². The number of amides is 1. The van der Waals surface area contributed by atoms with E-state index in [4.69, 9.17) is 24.1 Å². The van der Waals surface area contributed by atoms with Gasteiger partial charge in [-0.1, -0.05) is 0 Å². The molecule has 0 spiro atoms. The first kappa shape index (κ1) is 20.8. The van der Waals surface area contributed by atoms with Crippen LogP contribution in [-0.2, 0) is 4.79 Å². The first-order chi connectivity index (χ1) is 13.4. The van der Waals surface area contributed by atoms with Crippen molar-refractivity contribution in [2.45, 2.75) is 6.92 Å². The van der Waals surface area contributed by atoms with Gasteiger partial charge in [-0.3, -0.25) is 4.79 Å². The summed E-state index contributed by atoms with van der Waals surface area (Å²) in [5.74, 6) is -1.62. The highest BCUT2D eigenvalue weighted by molar-refractivity contribution is 6.04. The van der Waals surface area contributed by atoms with Crippen molar-refractivity contribution in [2.24, 2.45) is 0 Å². The Labute approximate surface area is 160 Å². The zero-order valence-corrected chi connectivity index (χ0v) is 15.6. The minimum Gasteiger partial charge on any atom is -0.493 e. The second-order valence-corrected chi connectivity index (χ2v) is 5.42. The van der Waals surface area contributed by atoms with Crippen LogP contribution >= 0.6 is 0 Å². The Hall–Kier alpha value is -3.49. The number of carbonyl (C=O) groups is 2. The predicted octanol–water partition coefficient (Wildman–Crippen LogP) is 2.96. The van der Waals surface area contributed by atoms with Crippen LogP contribution in [0, 0.1) is 5.82 Å². The van der Waals surface area contributed by atoms with Gasteiger partial charge in [-0.2, -0.15) is 0 Å². The Morgan fingerprint density at radius 1 is 1.00 bits per heavy atom. The first-order valence-corrected chi connectivity index (χ1v) is 8.23. The van der Waals surface area contributed by atoms with E-state index >= 15 is 0 Å². The summed E-state index contributed by atoms with van der Waals surface area (Å²) in [6.07, 6.45) is 0. The van der Waals surface area contributed by atoms with Crippen LogP contribution in [-0.4, -0.2) is 44.4 Å². The lowest BCUT2D eigenvalue weighted by Gasteiger charge is -2.14. The minimum atomic E-state index is -1.15. The molecule has 0 fully saturated rings. The predicted molar refractivity (Wildman–Crippen MR) is 98.2 cm³/mol. The van der Waals surface area contributed by atoms with Gasteiger partial charge >= 0.3 is 5.97 Å². The van der Waals surface area contributed by atoms with Crippen molar-refractivity contribution in [1.82, 2.24) is 0 Å². The number of carboxylic acid groups (broad SMARTS) is 1. The van der Waals surface area contributed by atoms with Gasteiger partial charge in [0.2, 0.25) is 0 Å². The van der Waals surface area contributed by atoms with E-state index < -0.39 is 24.3 Å². The summed E-state index contributed by atoms with van der Waals surface area (Å²) >= 11 is 0. The fourth-order valence-electron chi connectivity index (χ4n) is 2.32. The molecule has 0 aliphatic heterocycles. The lowest BCUT2D eigenvalue weighted by atomic mass is 10.1. The molecule has 2 aromatic carbocycles. The third-order valence-electron chi connectivity index (χ3n) is 3.58. The van der Waals surface area contributed by atoms with Crippen molar-refractivity contribution >= 4 is 17.6 Å². The molecule has 2 rings (SSSR count). The topological polar surface area (TPSA) is 103 Å². The van der Waals surface area contributed by atoms with Gasteiger partial charge in [0, 0.05) is 17.7 Å². The Morgan fingerprint density at radius 3 is 2.29 bits per heavy atom. The van der Waals surface area contributed by atoms with Gasteiger partial charge < -0.3 is 29.4 Å². The standard InChI is InChI=1S/C19H20FNO7/c1-4-27-17-7-11(5-6-14(17)28-10-18(22)23)19(24)21-13-9-16(26-3)15(25-2)8-12(13)20/h5-9H,4,10H2,1-3H3,(H,21,24)(H,22,23). The van der Waals surface area contributed by atoms with Crippen molar-refractivity contribution in [3.8, 4) is 23.0 Å². The van der Waals surface area contributed by atoms with E-state index in [1.807, 2.05) is 0 Å². The molecular weight excluding hydrogens is 373 g/mol. The van der Waals surface area contributed by atoms with E-state index in [1.165, 1.54) is 38.5 Å². The van der Waals surface area contributed by atoms with E-state index in [9.17, 15) is 14.0 Å². The monoisotopic (exact) mass is 393 g/mol. The number of nitrogens with one attached hydrogen (secondary N) is 1. The summed E-state index contributed by atoms with van der Waals surface area (Å²) < 4.78 is 34.9. The number of ether oxygens (including phenoxy) is 4. The second kappa shape index (κ2) is 9.45. The SMILES string of the molecule is CCOc1cc(C(=O)Nc2cc(OC)c(OC)cc2F)ccc1OCC(=O)O. The molecule has 0 unspecified atom stereocenters. The number of aliphatic carboxylic acids is 1. The smallest absolute Gasteiger partial charge is 0.341 e. The lowest BCUT2D eigenvalue weighted by Crippen LogP contribution is -2.14. The van der Waals surface area contributed by atoms with Crippen LogP contribution in [0.3, 0.4) is 0 Å². The maximum atomic E-state index is 14.2. The van der Waals surface area contributed by atoms with Gasteiger partial charge in [0.1, 0.15) is 0 Å². The van der Waals surface area contributed by atoms with Gasteiger partial charge in [0.05, 0.1) is 26.5 Å². The van der Waals surface area contributed by atoms with Gasteiger partial charge in [0.25, 0.3) is 5.91 Å². The molecule has 2 N–H and O–H groups in total. The molecule has 28 heavy (non-hydrogen) atoms. The largest absolute Gasteiger partial charge is 0.493 e. The number of anilines is 1. The molecule has 0 atom stereocenters. The minimum absolute atomic E-state index is 0.0909. The first-order valence-electron chi connectivity index (χ1n) is 8.23. The number of carboxylic acids is 1. The van der Waals surface area contributed by atoms with E-state index in [0.29, 0.717) is 0 Å².